The molecule has 0 amide bonds. The summed E-state index contributed by atoms with van der Waals surface area (Å²) >= 11 is 0. The third kappa shape index (κ3) is 1.35. The summed E-state index contributed by atoms with van der Waals surface area (Å²) in [5, 5.41) is 3.78. The van der Waals surface area contributed by atoms with E-state index in [9.17, 15) is 0 Å². The highest BCUT2D eigenvalue weighted by Gasteiger charge is 2.45. The highest BCUT2D eigenvalue weighted by molar-refractivity contribution is 5.56. The number of methoxy groups -OCH3 is 1. The van der Waals surface area contributed by atoms with Gasteiger partial charge in [-0.2, -0.15) is 0 Å². The Bertz CT molecular complexity index is 664. The first kappa shape index (κ1) is 11.1. The molecular formula is C17H17NO. The molecule has 4 rings (SSSR count). The molecule has 2 atom stereocenters. The molecule has 2 aromatic carbocycles. The van der Waals surface area contributed by atoms with Gasteiger partial charge >= 0.3 is 0 Å². The maximum absolute atomic E-state index is 5.39. The second kappa shape index (κ2) is 3.61. The molecule has 0 radical (unpaired) electrons. The van der Waals surface area contributed by atoms with Crippen LogP contribution in [-0.2, 0) is 12.0 Å². The van der Waals surface area contributed by atoms with Crippen LogP contribution in [0.15, 0.2) is 42.5 Å². The van der Waals surface area contributed by atoms with Crippen molar-refractivity contribution in [3.8, 4) is 5.75 Å². The minimum Gasteiger partial charge on any atom is -0.497 e. The average Bonchev–Trinajstić information content (AvgIpc) is 2.68. The fourth-order valence-electron chi connectivity index (χ4n) is 3.69. The number of nitrogens with one attached hydrogen (secondary N) is 1. The Balaban J connectivity index is 1.99. The van der Waals surface area contributed by atoms with E-state index in [0.29, 0.717) is 6.04 Å². The molecule has 2 aliphatic heterocycles. The summed E-state index contributed by atoms with van der Waals surface area (Å²) in [6.07, 6.45) is 1.07. The molecule has 2 bridgehead atoms. The normalized spacial score (nSPS) is 26.7. The fourth-order valence-corrected chi connectivity index (χ4v) is 3.69. The zero-order valence-corrected chi connectivity index (χ0v) is 11.2. The molecule has 2 aromatic rings. The predicted octanol–water partition coefficient (Wildman–Crippen LogP) is 3.16. The van der Waals surface area contributed by atoms with E-state index < -0.39 is 0 Å². The number of fused-ring (bicyclic) bond motifs is 7. The first-order valence-corrected chi connectivity index (χ1v) is 6.77. The zero-order chi connectivity index (χ0) is 13.0. The lowest BCUT2D eigenvalue weighted by molar-refractivity contribution is 0.386. The van der Waals surface area contributed by atoms with Crippen LogP contribution in [0.4, 0.5) is 0 Å². The third-order valence-electron chi connectivity index (χ3n) is 4.62. The van der Waals surface area contributed by atoms with Crippen LogP contribution in [0.3, 0.4) is 0 Å². The van der Waals surface area contributed by atoms with Crippen LogP contribution in [0.2, 0.25) is 0 Å². The van der Waals surface area contributed by atoms with Crippen LogP contribution in [-0.4, -0.2) is 7.11 Å². The van der Waals surface area contributed by atoms with Crippen molar-refractivity contribution in [2.75, 3.05) is 7.11 Å². The van der Waals surface area contributed by atoms with Crippen LogP contribution < -0.4 is 10.1 Å². The minimum absolute atomic E-state index is 0.0800. The second-order valence-corrected chi connectivity index (χ2v) is 5.64. The van der Waals surface area contributed by atoms with Crippen molar-refractivity contribution in [3.63, 3.8) is 0 Å². The molecule has 0 aliphatic carbocycles. The van der Waals surface area contributed by atoms with Gasteiger partial charge in [0.25, 0.3) is 0 Å². The van der Waals surface area contributed by atoms with Crippen molar-refractivity contribution in [2.24, 2.45) is 0 Å². The van der Waals surface area contributed by atoms with Crippen molar-refractivity contribution in [3.05, 3.63) is 64.7 Å². The van der Waals surface area contributed by atoms with Gasteiger partial charge in [0.2, 0.25) is 0 Å². The van der Waals surface area contributed by atoms with Crippen molar-refractivity contribution in [1.29, 1.82) is 0 Å². The molecule has 2 heteroatoms. The maximum Gasteiger partial charge on any atom is 0.119 e. The summed E-state index contributed by atoms with van der Waals surface area (Å²) in [4.78, 5) is 0. The first-order valence-electron chi connectivity index (χ1n) is 6.77. The van der Waals surface area contributed by atoms with Crippen molar-refractivity contribution >= 4 is 0 Å². The Hall–Kier alpha value is -1.80. The predicted molar refractivity (Wildman–Crippen MR) is 75.5 cm³/mol. The summed E-state index contributed by atoms with van der Waals surface area (Å²) in [6, 6.07) is 15.7. The quantitative estimate of drug-likeness (QED) is 0.840. The number of ether oxygens (including phenoxy) is 1. The molecule has 1 N–H and O–H groups in total. The molecule has 0 unspecified atom stereocenters. The first-order chi connectivity index (χ1) is 9.22. The number of benzene rings is 2. The molecule has 2 heterocycles. The number of hydrogen-bond donors (Lipinski definition) is 1. The monoisotopic (exact) mass is 251 g/mol. The van der Waals surface area contributed by atoms with Crippen LogP contribution in [0.1, 0.15) is 35.2 Å². The third-order valence-corrected chi connectivity index (χ3v) is 4.62. The van der Waals surface area contributed by atoms with Gasteiger partial charge in [-0.25, -0.2) is 0 Å². The van der Waals surface area contributed by atoms with Gasteiger partial charge in [0, 0.05) is 6.04 Å². The van der Waals surface area contributed by atoms with E-state index in [1.54, 1.807) is 7.11 Å². The SMILES string of the molecule is COc1ccc2c(c1)[C@@]1(C)N[C@H]2Cc2ccccc21. The standard InChI is InChI=1S/C17H17NO/c1-17-14-6-4-3-5-11(14)9-16(18-17)13-8-7-12(19-2)10-15(13)17/h3-8,10,16,18H,9H2,1-2H3/t16-,17-/m0/s1. The van der Waals surface area contributed by atoms with E-state index in [1.165, 1.54) is 22.3 Å². The summed E-state index contributed by atoms with van der Waals surface area (Å²) in [5.74, 6) is 0.937. The highest BCUT2D eigenvalue weighted by atomic mass is 16.5. The molecule has 0 spiro atoms. The van der Waals surface area contributed by atoms with Crippen molar-refractivity contribution < 1.29 is 4.74 Å². The Kier molecular flexibility index (Phi) is 2.10. The topological polar surface area (TPSA) is 21.3 Å². The summed E-state index contributed by atoms with van der Waals surface area (Å²) in [7, 11) is 1.73. The maximum atomic E-state index is 5.39. The molecule has 0 saturated carbocycles. The molecule has 0 saturated heterocycles. The van der Waals surface area contributed by atoms with Gasteiger partial charge in [0.15, 0.2) is 0 Å². The van der Waals surface area contributed by atoms with E-state index in [4.69, 9.17) is 4.74 Å². The molecule has 0 aromatic heterocycles. The van der Waals surface area contributed by atoms with Crippen molar-refractivity contribution in [1.82, 2.24) is 5.32 Å². The van der Waals surface area contributed by atoms with Crippen LogP contribution >= 0.6 is 0 Å². The smallest absolute Gasteiger partial charge is 0.119 e. The molecule has 2 nitrogen and oxygen atoms in total. The Labute approximate surface area is 113 Å². The van der Waals surface area contributed by atoms with Crippen LogP contribution in [0, 0.1) is 0 Å². The largest absolute Gasteiger partial charge is 0.497 e. The van der Waals surface area contributed by atoms with E-state index in [0.717, 1.165) is 12.2 Å². The molecular weight excluding hydrogens is 234 g/mol. The van der Waals surface area contributed by atoms with Gasteiger partial charge in [0.1, 0.15) is 5.75 Å². The van der Waals surface area contributed by atoms with Crippen molar-refractivity contribution in [2.45, 2.75) is 24.9 Å². The van der Waals surface area contributed by atoms with Gasteiger partial charge in [-0.05, 0) is 47.7 Å². The lowest BCUT2D eigenvalue weighted by atomic mass is 9.82. The van der Waals surface area contributed by atoms with Gasteiger partial charge in [0.05, 0.1) is 12.6 Å². The molecule has 19 heavy (non-hydrogen) atoms. The van der Waals surface area contributed by atoms with E-state index in [1.807, 2.05) is 0 Å². The highest BCUT2D eigenvalue weighted by Crippen LogP contribution is 2.49. The Morgan fingerprint density at radius 3 is 2.84 bits per heavy atom. The average molecular weight is 251 g/mol. The fraction of sp³-hybridized carbons (Fsp3) is 0.294. The lowest BCUT2D eigenvalue weighted by Gasteiger charge is -2.34. The molecule has 0 fully saturated rings. The van der Waals surface area contributed by atoms with Gasteiger partial charge in [-0.15, -0.1) is 0 Å². The minimum atomic E-state index is -0.0800. The summed E-state index contributed by atoms with van der Waals surface area (Å²) in [5.41, 5.74) is 5.56. The Morgan fingerprint density at radius 2 is 2.00 bits per heavy atom. The Morgan fingerprint density at radius 1 is 1.16 bits per heavy atom. The van der Waals surface area contributed by atoms with E-state index in [2.05, 4.69) is 54.7 Å². The van der Waals surface area contributed by atoms with Gasteiger partial charge in [-0.3, -0.25) is 5.32 Å². The number of rotatable bonds is 1. The zero-order valence-electron chi connectivity index (χ0n) is 11.2. The van der Waals surface area contributed by atoms with Gasteiger partial charge < -0.3 is 4.74 Å². The van der Waals surface area contributed by atoms with E-state index in [-0.39, 0.29) is 5.54 Å². The van der Waals surface area contributed by atoms with E-state index >= 15 is 0 Å². The molecule has 96 valence electrons. The second-order valence-electron chi connectivity index (χ2n) is 5.64. The van der Waals surface area contributed by atoms with Gasteiger partial charge in [-0.1, -0.05) is 30.3 Å². The lowest BCUT2D eigenvalue weighted by Crippen LogP contribution is -2.41. The summed E-state index contributed by atoms with van der Waals surface area (Å²) in [6.45, 7) is 2.28. The van der Waals surface area contributed by atoms with Crippen LogP contribution in [0.25, 0.3) is 0 Å². The van der Waals surface area contributed by atoms with Crippen LogP contribution in [0.5, 0.6) is 5.75 Å². The number of hydrogen-bond acceptors (Lipinski definition) is 2. The molecule has 2 aliphatic rings. The summed E-state index contributed by atoms with van der Waals surface area (Å²) < 4.78 is 5.39.